The fraction of sp³-hybridized carbons (Fsp3) is 0.118. The van der Waals surface area contributed by atoms with Gasteiger partial charge in [-0.25, -0.2) is 4.98 Å². The molecule has 0 fully saturated rings. The molecular formula is C17H13Cl2NS. The van der Waals surface area contributed by atoms with Gasteiger partial charge in [0, 0.05) is 11.1 Å². The van der Waals surface area contributed by atoms with Crippen molar-refractivity contribution in [3.05, 3.63) is 69.7 Å². The standard InChI is InChI=1S/C17H13Cl2NS/c1-11-8-17(20-16-5-3-2-4-13(11)16)21-10-12-6-7-14(18)15(19)9-12/h2-9H,10H2,1H3. The van der Waals surface area contributed by atoms with Gasteiger partial charge in [-0.15, -0.1) is 11.8 Å². The number of thioether (sulfide) groups is 1. The highest BCUT2D eigenvalue weighted by Crippen LogP contribution is 2.28. The first-order valence-electron chi connectivity index (χ1n) is 6.56. The van der Waals surface area contributed by atoms with Gasteiger partial charge < -0.3 is 0 Å². The monoisotopic (exact) mass is 333 g/mol. The third-order valence-corrected chi connectivity index (χ3v) is 4.99. The van der Waals surface area contributed by atoms with Crippen molar-refractivity contribution >= 4 is 45.9 Å². The normalized spacial score (nSPS) is 11.0. The molecule has 4 heteroatoms. The molecule has 0 spiro atoms. The molecule has 0 aliphatic heterocycles. The zero-order chi connectivity index (χ0) is 14.8. The number of hydrogen-bond donors (Lipinski definition) is 0. The second-order valence-electron chi connectivity index (χ2n) is 4.83. The molecule has 1 heterocycles. The summed E-state index contributed by atoms with van der Waals surface area (Å²) in [6, 6.07) is 16.1. The van der Waals surface area contributed by atoms with Crippen LogP contribution in [0.1, 0.15) is 11.1 Å². The van der Waals surface area contributed by atoms with E-state index < -0.39 is 0 Å². The van der Waals surface area contributed by atoms with Gasteiger partial charge in [-0.3, -0.25) is 0 Å². The summed E-state index contributed by atoms with van der Waals surface area (Å²) in [6.45, 7) is 2.12. The predicted octanol–water partition coefficient (Wildman–Crippen LogP) is 6.14. The highest BCUT2D eigenvalue weighted by Gasteiger charge is 2.05. The quantitative estimate of drug-likeness (QED) is 0.533. The van der Waals surface area contributed by atoms with Crippen molar-refractivity contribution in [1.29, 1.82) is 0 Å². The number of aryl methyl sites for hydroxylation is 1. The molecule has 3 aromatic rings. The maximum Gasteiger partial charge on any atom is 0.0973 e. The van der Waals surface area contributed by atoms with E-state index in [0.29, 0.717) is 10.0 Å². The van der Waals surface area contributed by atoms with Crippen LogP contribution < -0.4 is 0 Å². The lowest BCUT2D eigenvalue weighted by molar-refractivity contribution is 1.16. The number of nitrogens with zero attached hydrogens (tertiary/aromatic N) is 1. The van der Waals surface area contributed by atoms with Crippen molar-refractivity contribution in [1.82, 2.24) is 4.98 Å². The van der Waals surface area contributed by atoms with E-state index in [9.17, 15) is 0 Å². The van der Waals surface area contributed by atoms with Crippen LogP contribution in [-0.2, 0) is 5.75 Å². The molecular weight excluding hydrogens is 321 g/mol. The fourth-order valence-corrected chi connectivity index (χ4v) is 3.42. The minimum absolute atomic E-state index is 0.588. The predicted molar refractivity (Wildman–Crippen MR) is 92.5 cm³/mol. The van der Waals surface area contributed by atoms with Crippen molar-refractivity contribution in [3.63, 3.8) is 0 Å². The molecule has 0 bridgehead atoms. The molecule has 1 aromatic heterocycles. The van der Waals surface area contributed by atoms with E-state index in [4.69, 9.17) is 28.2 Å². The molecule has 0 radical (unpaired) electrons. The minimum Gasteiger partial charge on any atom is -0.241 e. The second kappa shape index (κ2) is 6.27. The van der Waals surface area contributed by atoms with Gasteiger partial charge in [0.2, 0.25) is 0 Å². The Kier molecular flexibility index (Phi) is 4.39. The number of halogens is 2. The van der Waals surface area contributed by atoms with Crippen molar-refractivity contribution in [3.8, 4) is 0 Å². The Morgan fingerprint density at radius 2 is 1.81 bits per heavy atom. The molecule has 1 nitrogen and oxygen atoms in total. The Balaban J connectivity index is 1.83. The minimum atomic E-state index is 0.588. The Labute approximate surface area is 138 Å². The maximum atomic E-state index is 6.04. The third-order valence-electron chi connectivity index (χ3n) is 3.27. The summed E-state index contributed by atoms with van der Waals surface area (Å²) in [5.74, 6) is 0.821. The van der Waals surface area contributed by atoms with E-state index in [-0.39, 0.29) is 0 Å². The molecule has 0 aliphatic carbocycles. The first kappa shape index (κ1) is 14.7. The molecule has 106 valence electrons. The molecule has 0 aliphatic rings. The van der Waals surface area contributed by atoms with Gasteiger partial charge in [-0.05, 0) is 42.3 Å². The summed E-state index contributed by atoms with van der Waals surface area (Å²) in [5, 5.41) is 3.41. The van der Waals surface area contributed by atoms with Crippen LogP contribution in [0, 0.1) is 6.92 Å². The van der Waals surface area contributed by atoms with E-state index in [1.807, 2.05) is 36.4 Å². The molecule has 0 atom stereocenters. The summed E-state index contributed by atoms with van der Waals surface area (Å²) in [5.41, 5.74) is 3.42. The van der Waals surface area contributed by atoms with Crippen molar-refractivity contribution in [2.24, 2.45) is 0 Å². The molecule has 21 heavy (non-hydrogen) atoms. The molecule has 0 amide bonds. The van der Waals surface area contributed by atoms with Crippen molar-refractivity contribution < 1.29 is 0 Å². The van der Waals surface area contributed by atoms with E-state index in [1.165, 1.54) is 10.9 Å². The number of aromatic nitrogens is 1. The van der Waals surface area contributed by atoms with E-state index in [1.54, 1.807) is 11.8 Å². The van der Waals surface area contributed by atoms with Crippen LogP contribution in [0.4, 0.5) is 0 Å². The van der Waals surface area contributed by atoms with Crippen LogP contribution in [0.25, 0.3) is 10.9 Å². The average Bonchev–Trinajstić information content (AvgIpc) is 2.49. The van der Waals surface area contributed by atoms with Gasteiger partial charge in [-0.1, -0.05) is 47.5 Å². The summed E-state index contributed by atoms with van der Waals surface area (Å²) < 4.78 is 0. The average molecular weight is 334 g/mol. The number of pyridine rings is 1. The number of para-hydroxylation sites is 1. The zero-order valence-electron chi connectivity index (χ0n) is 11.4. The Morgan fingerprint density at radius 3 is 2.62 bits per heavy atom. The number of fused-ring (bicyclic) bond motifs is 1. The summed E-state index contributed by atoms with van der Waals surface area (Å²) in [6.07, 6.45) is 0. The zero-order valence-corrected chi connectivity index (χ0v) is 13.8. The van der Waals surface area contributed by atoms with E-state index >= 15 is 0 Å². The van der Waals surface area contributed by atoms with Crippen LogP contribution in [0.2, 0.25) is 10.0 Å². The third kappa shape index (κ3) is 3.34. The first-order chi connectivity index (χ1) is 10.1. The molecule has 0 saturated carbocycles. The number of benzene rings is 2. The fourth-order valence-electron chi connectivity index (χ4n) is 2.18. The van der Waals surface area contributed by atoms with E-state index in [2.05, 4.69) is 19.1 Å². The smallest absolute Gasteiger partial charge is 0.0973 e. The van der Waals surface area contributed by atoms with Crippen LogP contribution in [0.15, 0.2) is 53.6 Å². The summed E-state index contributed by atoms with van der Waals surface area (Å²) >= 11 is 13.7. The van der Waals surface area contributed by atoms with Gasteiger partial charge >= 0.3 is 0 Å². The Morgan fingerprint density at radius 1 is 1.00 bits per heavy atom. The molecule has 2 aromatic carbocycles. The molecule has 0 saturated heterocycles. The Hall–Kier alpha value is -1.22. The highest BCUT2D eigenvalue weighted by atomic mass is 35.5. The summed E-state index contributed by atoms with van der Waals surface area (Å²) in [7, 11) is 0. The topological polar surface area (TPSA) is 12.9 Å². The van der Waals surface area contributed by atoms with Gasteiger partial charge in [0.15, 0.2) is 0 Å². The first-order valence-corrected chi connectivity index (χ1v) is 8.31. The van der Waals surface area contributed by atoms with Crippen LogP contribution in [0.5, 0.6) is 0 Å². The molecule has 3 rings (SSSR count). The van der Waals surface area contributed by atoms with Crippen LogP contribution >= 0.6 is 35.0 Å². The lowest BCUT2D eigenvalue weighted by Gasteiger charge is -2.07. The Bertz CT molecular complexity index is 802. The maximum absolute atomic E-state index is 6.04. The van der Waals surface area contributed by atoms with Crippen molar-refractivity contribution in [2.75, 3.05) is 0 Å². The van der Waals surface area contributed by atoms with Gasteiger partial charge in [0.1, 0.15) is 0 Å². The highest BCUT2D eigenvalue weighted by molar-refractivity contribution is 7.98. The van der Waals surface area contributed by atoms with Gasteiger partial charge in [-0.2, -0.15) is 0 Å². The molecule has 0 N–H and O–H groups in total. The summed E-state index contributed by atoms with van der Waals surface area (Å²) in [4.78, 5) is 4.70. The van der Waals surface area contributed by atoms with E-state index in [0.717, 1.165) is 21.9 Å². The van der Waals surface area contributed by atoms with Gasteiger partial charge in [0.05, 0.1) is 20.6 Å². The van der Waals surface area contributed by atoms with Crippen LogP contribution in [-0.4, -0.2) is 4.98 Å². The largest absolute Gasteiger partial charge is 0.241 e. The van der Waals surface area contributed by atoms with Gasteiger partial charge in [0.25, 0.3) is 0 Å². The lowest BCUT2D eigenvalue weighted by Crippen LogP contribution is -1.88. The van der Waals surface area contributed by atoms with Crippen LogP contribution in [0.3, 0.4) is 0 Å². The lowest BCUT2D eigenvalue weighted by atomic mass is 10.1. The number of hydrogen-bond acceptors (Lipinski definition) is 2. The number of rotatable bonds is 3. The SMILES string of the molecule is Cc1cc(SCc2ccc(Cl)c(Cl)c2)nc2ccccc12. The second-order valence-corrected chi connectivity index (χ2v) is 6.64. The van der Waals surface area contributed by atoms with Crippen molar-refractivity contribution in [2.45, 2.75) is 17.7 Å². The molecule has 0 unspecified atom stereocenters.